The average molecular weight is 396 g/mol. The van der Waals surface area contributed by atoms with Crippen LogP contribution in [0.15, 0.2) is 29.2 Å². The Morgan fingerprint density at radius 3 is 2.52 bits per heavy atom. The first-order chi connectivity index (χ1) is 12.7. The Morgan fingerprint density at radius 2 is 1.93 bits per heavy atom. The molecule has 1 atom stereocenters. The van der Waals surface area contributed by atoms with Gasteiger partial charge in [-0.25, -0.2) is 13.2 Å². The maximum absolute atomic E-state index is 13.0. The summed E-state index contributed by atoms with van der Waals surface area (Å²) in [6.07, 6.45) is -0.663. The van der Waals surface area contributed by atoms with E-state index in [9.17, 15) is 13.2 Å². The number of ether oxygens (including phenoxy) is 1. The van der Waals surface area contributed by atoms with Gasteiger partial charge in [-0.05, 0) is 38.5 Å². The monoisotopic (exact) mass is 396 g/mol. The van der Waals surface area contributed by atoms with Crippen molar-refractivity contribution in [2.24, 2.45) is 0 Å². The molecule has 0 aromatic heterocycles. The van der Waals surface area contributed by atoms with E-state index in [0.29, 0.717) is 19.7 Å². The summed E-state index contributed by atoms with van der Waals surface area (Å²) in [6.45, 7) is 6.88. The van der Waals surface area contributed by atoms with E-state index in [2.05, 4.69) is 0 Å². The van der Waals surface area contributed by atoms with Crippen molar-refractivity contribution < 1.29 is 27.3 Å². The van der Waals surface area contributed by atoms with Gasteiger partial charge < -0.3 is 18.9 Å². The average Bonchev–Trinajstić information content (AvgIpc) is 3.15. The smallest absolute Gasteiger partial charge is 0.438 e. The number of hydrogen-bond acceptors (Lipinski definition) is 6. The van der Waals surface area contributed by atoms with E-state index in [0.717, 1.165) is 5.56 Å². The molecular weight excluding hydrogens is 371 g/mol. The summed E-state index contributed by atoms with van der Waals surface area (Å²) in [6, 6.07) is 6.75. The molecule has 2 heterocycles. The molecule has 0 radical (unpaired) electrons. The zero-order chi connectivity index (χ0) is 19.7. The molecule has 0 aliphatic carbocycles. The topological polar surface area (TPSA) is 85.4 Å². The highest BCUT2D eigenvalue weighted by Crippen LogP contribution is 2.26. The quantitative estimate of drug-likeness (QED) is 0.716. The minimum atomic E-state index is -3.64. The summed E-state index contributed by atoms with van der Waals surface area (Å²) >= 11 is 0. The Balaban J connectivity index is 1.67. The van der Waals surface area contributed by atoms with Crippen LogP contribution in [0.4, 0.5) is 4.79 Å². The molecule has 8 nitrogen and oxygen atoms in total. The van der Waals surface area contributed by atoms with Crippen molar-refractivity contribution in [2.45, 2.75) is 37.4 Å². The molecule has 1 aromatic rings. The molecule has 10 heteroatoms. The molecule has 1 unspecified atom stereocenters. The Morgan fingerprint density at radius 1 is 1.22 bits per heavy atom. The fourth-order valence-electron chi connectivity index (χ4n) is 2.99. The third-order valence-corrected chi connectivity index (χ3v) is 6.27. The van der Waals surface area contributed by atoms with Crippen LogP contribution < -0.4 is 0 Å². The summed E-state index contributed by atoms with van der Waals surface area (Å²) in [7, 11) is -3.42. The third kappa shape index (κ3) is 4.81. The third-order valence-electron chi connectivity index (χ3n) is 4.38. The minimum absolute atomic E-state index is 0.217. The van der Waals surface area contributed by atoms with Crippen molar-refractivity contribution in [1.82, 2.24) is 9.21 Å². The number of sulfonamides is 1. The molecule has 3 rings (SSSR count). The first kappa shape index (κ1) is 20.1. The van der Waals surface area contributed by atoms with Crippen molar-refractivity contribution in [3.63, 3.8) is 0 Å². The highest BCUT2D eigenvalue weighted by molar-refractivity contribution is 7.89. The number of carbonyl (C=O) groups is 1. The number of carbonyl (C=O) groups excluding carboxylic acids is 1. The number of benzene rings is 1. The van der Waals surface area contributed by atoms with Crippen LogP contribution in [0.5, 0.6) is 0 Å². The lowest BCUT2D eigenvalue weighted by Gasteiger charge is -2.35. The first-order valence-electron chi connectivity index (χ1n) is 8.94. The molecule has 0 saturated carbocycles. The lowest BCUT2D eigenvalue weighted by Crippen LogP contribution is -2.51. The fraction of sp³-hybridized carbons (Fsp3) is 0.588. The second-order valence-corrected chi connectivity index (χ2v) is 9.53. The number of amides is 1. The van der Waals surface area contributed by atoms with Crippen molar-refractivity contribution in [1.29, 1.82) is 0 Å². The van der Waals surface area contributed by atoms with Crippen LogP contribution in [-0.4, -0.2) is 69.8 Å². The van der Waals surface area contributed by atoms with Crippen molar-refractivity contribution in [3.05, 3.63) is 29.8 Å². The largest absolute Gasteiger partial charge is 0.444 e. The van der Waals surface area contributed by atoms with E-state index < -0.39 is 21.7 Å². The number of rotatable bonds is 3. The maximum atomic E-state index is 13.0. The van der Waals surface area contributed by atoms with Gasteiger partial charge in [0.15, 0.2) is 0 Å². The molecule has 148 valence electrons. The summed E-state index contributed by atoms with van der Waals surface area (Å²) in [5.41, 5.74) is 0.202. The van der Waals surface area contributed by atoms with Gasteiger partial charge in [-0.2, -0.15) is 4.31 Å². The first-order valence-corrected chi connectivity index (χ1v) is 10.4. The Hall–Kier alpha value is -1.62. The van der Waals surface area contributed by atoms with E-state index in [1.54, 1.807) is 39.0 Å². The van der Waals surface area contributed by atoms with Crippen LogP contribution in [0.2, 0.25) is 0 Å². The molecular formula is C17H25BN2O6S. The molecule has 0 bridgehead atoms. The normalized spacial score (nSPS) is 21.7. The van der Waals surface area contributed by atoms with Crippen LogP contribution >= 0.6 is 0 Å². The molecule has 2 aliphatic rings. The van der Waals surface area contributed by atoms with Gasteiger partial charge in [-0.15, -0.1) is 0 Å². The summed E-state index contributed by atoms with van der Waals surface area (Å²) in [5, 5.41) is 0. The molecule has 1 aromatic carbocycles. The molecule has 27 heavy (non-hydrogen) atoms. The predicted octanol–water partition coefficient (Wildman–Crippen LogP) is 1.28. The second kappa shape index (κ2) is 7.79. The van der Waals surface area contributed by atoms with Gasteiger partial charge in [0, 0.05) is 26.2 Å². The van der Waals surface area contributed by atoms with Crippen LogP contribution in [-0.2, 0) is 24.1 Å². The summed E-state index contributed by atoms with van der Waals surface area (Å²) in [5.74, 6) is 0. The van der Waals surface area contributed by atoms with Crippen molar-refractivity contribution in [3.8, 4) is 0 Å². The van der Waals surface area contributed by atoms with Gasteiger partial charge in [0.25, 0.3) is 0 Å². The number of piperazine rings is 1. The lowest BCUT2D eigenvalue weighted by atomic mass is 10.1. The molecule has 0 spiro atoms. The van der Waals surface area contributed by atoms with Gasteiger partial charge in [0.1, 0.15) is 5.60 Å². The Kier molecular flexibility index (Phi) is 5.80. The summed E-state index contributed by atoms with van der Waals surface area (Å²) in [4.78, 5) is 13.9. The van der Waals surface area contributed by atoms with E-state index in [1.807, 2.05) is 6.07 Å². The van der Waals surface area contributed by atoms with E-state index in [4.69, 9.17) is 14.0 Å². The molecule has 2 fully saturated rings. The van der Waals surface area contributed by atoms with Crippen LogP contribution in [0.1, 0.15) is 32.4 Å². The second-order valence-electron chi connectivity index (χ2n) is 7.59. The van der Waals surface area contributed by atoms with Gasteiger partial charge >= 0.3 is 13.8 Å². The standard InChI is InChI=1S/C17H25BN2O6S/c1-17(2,3)25-16(21)19-7-9-20(10-8-19)27(22,23)14-6-4-5-13(11-14)15-12-24-18-26-15/h4-6,11,15,18H,7-10,12H2,1-3H3. The summed E-state index contributed by atoms with van der Waals surface area (Å²) < 4.78 is 43.3. The fourth-order valence-corrected chi connectivity index (χ4v) is 4.47. The Labute approximate surface area is 160 Å². The highest BCUT2D eigenvalue weighted by Gasteiger charge is 2.32. The number of nitrogens with zero attached hydrogens (tertiary/aromatic N) is 2. The van der Waals surface area contributed by atoms with Crippen molar-refractivity contribution >= 4 is 23.8 Å². The lowest BCUT2D eigenvalue weighted by molar-refractivity contribution is 0.0192. The highest BCUT2D eigenvalue weighted by atomic mass is 32.2. The number of hydrogen-bond donors (Lipinski definition) is 0. The minimum Gasteiger partial charge on any atom is -0.444 e. The van der Waals surface area contributed by atoms with E-state index >= 15 is 0 Å². The van der Waals surface area contributed by atoms with Crippen LogP contribution in [0.25, 0.3) is 0 Å². The van der Waals surface area contributed by atoms with Gasteiger partial charge in [-0.3, -0.25) is 0 Å². The van der Waals surface area contributed by atoms with Gasteiger partial charge in [-0.1, -0.05) is 12.1 Å². The van der Waals surface area contributed by atoms with Gasteiger partial charge in [0.2, 0.25) is 10.0 Å². The van der Waals surface area contributed by atoms with Gasteiger partial charge in [0.05, 0.1) is 17.6 Å². The molecule has 2 aliphatic heterocycles. The van der Waals surface area contributed by atoms with E-state index in [-0.39, 0.29) is 31.8 Å². The molecule has 2 saturated heterocycles. The Bertz CT molecular complexity index is 781. The van der Waals surface area contributed by atoms with Crippen LogP contribution in [0.3, 0.4) is 0 Å². The predicted molar refractivity (Wildman–Crippen MR) is 99.9 cm³/mol. The molecule has 0 N–H and O–H groups in total. The zero-order valence-corrected chi connectivity index (χ0v) is 16.7. The van der Waals surface area contributed by atoms with Crippen LogP contribution in [0, 0.1) is 0 Å². The molecule has 1 amide bonds. The maximum Gasteiger partial charge on any atom is 0.438 e. The van der Waals surface area contributed by atoms with E-state index in [1.165, 1.54) is 9.21 Å². The zero-order valence-electron chi connectivity index (χ0n) is 15.9. The SMILES string of the molecule is CC(C)(C)OC(=O)N1CCN(S(=O)(=O)c2cccc(C3COBO3)c2)CC1. The van der Waals surface area contributed by atoms with Crippen molar-refractivity contribution in [2.75, 3.05) is 32.8 Å².